The number of amides is 2. The molecule has 1 saturated heterocycles. The van der Waals surface area contributed by atoms with E-state index in [0.29, 0.717) is 49.5 Å². The van der Waals surface area contributed by atoms with E-state index in [1.54, 1.807) is 42.1 Å². The van der Waals surface area contributed by atoms with E-state index in [2.05, 4.69) is 22.7 Å². The van der Waals surface area contributed by atoms with Crippen LogP contribution in [0.1, 0.15) is 56.1 Å². The number of nitrogens with one attached hydrogen (secondary N) is 3. The van der Waals surface area contributed by atoms with E-state index >= 15 is 0 Å². The Morgan fingerprint density at radius 2 is 1.97 bits per heavy atom. The molecule has 3 N–H and O–H groups in total. The highest BCUT2D eigenvalue weighted by atomic mass is 19.3. The van der Waals surface area contributed by atoms with Gasteiger partial charge in [-0.25, -0.2) is 13.6 Å². The molecular formula is C28H37F2N7O2. The highest BCUT2D eigenvalue weighted by Crippen LogP contribution is 2.43. The van der Waals surface area contributed by atoms with E-state index in [1.165, 1.54) is 0 Å². The minimum atomic E-state index is -2.68. The Bertz CT molecular complexity index is 1270. The van der Waals surface area contributed by atoms with Crippen LogP contribution in [0.3, 0.4) is 0 Å². The number of aryl methyl sites for hydroxylation is 1. The summed E-state index contributed by atoms with van der Waals surface area (Å²) < 4.78 is 35.9. The molecule has 4 heterocycles. The van der Waals surface area contributed by atoms with Gasteiger partial charge < -0.3 is 25.2 Å². The van der Waals surface area contributed by atoms with Gasteiger partial charge in [-0.1, -0.05) is 6.92 Å². The summed E-state index contributed by atoms with van der Waals surface area (Å²) in [6.45, 7) is 4.83. The quantitative estimate of drug-likeness (QED) is 0.386. The van der Waals surface area contributed by atoms with Gasteiger partial charge in [-0.05, 0) is 48.4 Å². The lowest BCUT2D eigenvalue weighted by atomic mass is 9.86. The maximum absolute atomic E-state index is 14.4. The largest absolute Gasteiger partial charge is 0.385 e. The summed E-state index contributed by atoms with van der Waals surface area (Å²) in [5.41, 5.74) is 4.30. The maximum Gasteiger partial charge on any atom is 0.317 e. The molecule has 1 aromatic carbocycles. The summed E-state index contributed by atoms with van der Waals surface area (Å²) in [5.74, 6) is 0.398. The molecule has 11 heteroatoms. The Morgan fingerprint density at radius 3 is 2.64 bits per heavy atom. The normalized spacial score (nSPS) is 20.3. The standard InChI is InChI=1S/C28H37F2N7O2/c1-17-4-9-37(25-13-22(26(29)30)21(12-20(17)25)18-14-33-35(3)15-18)27(31)23-16-36(28(38)32-2)8-5-24(23)34-19-6-10-39-11-7-19/h12-15,17,19,26,31,34H,4-11,16H2,1-3H3,(H,32,38). The van der Waals surface area contributed by atoms with Crippen LogP contribution in [0.15, 0.2) is 35.8 Å². The van der Waals surface area contributed by atoms with Crippen LogP contribution in [0.5, 0.6) is 0 Å². The zero-order valence-electron chi connectivity index (χ0n) is 22.8. The highest BCUT2D eigenvalue weighted by Gasteiger charge is 2.33. The third kappa shape index (κ3) is 5.50. The van der Waals surface area contributed by atoms with Crippen molar-refractivity contribution in [2.24, 2.45) is 7.05 Å². The molecule has 210 valence electrons. The first-order valence-electron chi connectivity index (χ1n) is 13.6. The number of carbonyl (C=O) groups is 1. The molecule has 2 aromatic rings. The van der Waals surface area contributed by atoms with E-state index in [9.17, 15) is 19.0 Å². The summed E-state index contributed by atoms with van der Waals surface area (Å²) >= 11 is 0. The number of fused-ring (bicyclic) bond motifs is 1. The van der Waals surface area contributed by atoms with Gasteiger partial charge in [0.15, 0.2) is 0 Å². The van der Waals surface area contributed by atoms with Gasteiger partial charge in [-0.3, -0.25) is 10.1 Å². The Balaban J connectivity index is 1.54. The number of amidine groups is 1. The van der Waals surface area contributed by atoms with Gasteiger partial charge in [0.25, 0.3) is 6.43 Å². The molecule has 0 spiro atoms. The highest BCUT2D eigenvalue weighted by molar-refractivity contribution is 6.09. The molecule has 3 aliphatic heterocycles. The van der Waals surface area contributed by atoms with Crippen molar-refractivity contribution in [1.82, 2.24) is 25.3 Å². The fourth-order valence-electron chi connectivity index (χ4n) is 5.79. The fraction of sp³-hybridized carbons (Fsp3) is 0.536. The maximum atomic E-state index is 14.4. The summed E-state index contributed by atoms with van der Waals surface area (Å²) in [7, 11) is 3.36. The second-order valence-electron chi connectivity index (χ2n) is 10.6. The lowest BCUT2D eigenvalue weighted by Gasteiger charge is -2.39. The topological polar surface area (TPSA) is 98.5 Å². The minimum absolute atomic E-state index is 0.0705. The van der Waals surface area contributed by atoms with Gasteiger partial charge in [0.05, 0.1) is 12.7 Å². The predicted molar refractivity (Wildman–Crippen MR) is 146 cm³/mol. The van der Waals surface area contributed by atoms with Crippen molar-refractivity contribution in [3.05, 3.63) is 46.9 Å². The molecule has 1 aromatic heterocycles. The zero-order chi connectivity index (χ0) is 27.7. The molecule has 5 rings (SSSR count). The Kier molecular flexibility index (Phi) is 7.88. The summed E-state index contributed by atoms with van der Waals surface area (Å²) in [4.78, 5) is 16.1. The average molecular weight is 542 g/mol. The van der Waals surface area contributed by atoms with Crippen LogP contribution in [0.25, 0.3) is 11.1 Å². The van der Waals surface area contributed by atoms with E-state index in [1.807, 2.05) is 11.0 Å². The number of carbonyl (C=O) groups excluding carboxylic acids is 1. The van der Waals surface area contributed by atoms with Crippen molar-refractivity contribution in [1.29, 1.82) is 5.41 Å². The van der Waals surface area contributed by atoms with Crippen molar-refractivity contribution in [3.63, 3.8) is 0 Å². The number of rotatable bonds is 5. The van der Waals surface area contributed by atoms with Crippen molar-refractivity contribution in [2.45, 2.75) is 51.0 Å². The molecule has 0 saturated carbocycles. The molecule has 1 atom stereocenters. The summed E-state index contributed by atoms with van der Waals surface area (Å²) in [6.07, 6.45) is 3.81. The number of ether oxygens (including phenoxy) is 1. The number of anilines is 1. The van der Waals surface area contributed by atoms with Crippen LogP contribution in [-0.2, 0) is 11.8 Å². The van der Waals surface area contributed by atoms with E-state index in [4.69, 9.17) is 4.74 Å². The number of urea groups is 1. The van der Waals surface area contributed by atoms with Crippen molar-refractivity contribution < 1.29 is 18.3 Å². The van der Waals surface area contributed by atoms with Gasteiger partial charge in [0.1, 0.15) is 5.84 Å². The summed E-state index contributed by atoms with van der Waals surface area (Å²) in [5, 5.41) is 19.9. The molecule has 3 aliphatic rings. The molecule has 1 fully saturated rings. The Hall–Kier alpha value is -3.47. The first-order chi connectivity index (χ1) is 18.8. The van der Waals surface area contributed by atoms with Crippen LogP contribution >= 0.6 is 0 Å². The van der Waals surface area contributed by atoms with Crippen LogP contribution in [0, 0.1) is 5.41 Å². The van der Waals surface area contributed by atoms with E-state index in [0.717, 1.165) is 36.1 Å². The number of hydrogen-bond donors (Lipinski definition) is 3. The Morgan fingerprint density at radius 1 is 1.21 bits per heavy atom. The van der Waals surface area contributed by atoms with Crippen LogP contribution in [0.2, 0.25) is 0 Å². The number of alkyl halides is 2. The average Bonchev–Trinajstić information content (AvgIpc) is 3.38. The molecule has 9 nitrogen and oxygen atoms in total. The van der Waals surface area contributed by atoms with Gasteiger partial charge in [0.2, 0.25) is 0 Å². The smallest absolute Gasteiger partial charge is 0.317 e. The molecule has 0 bridgehead atoms. The number of nitrogens with zero attached hydrogens (tertiary/aromatic N) is 4. The summed E-state index contributed by atoms with van der Waals surface area (Å²) in [6, 6.07) is 3.45. The lowest BCUT2D eigenvalue weighted by Crippen LogP contribution is -2.49. The predicted octanol–water partition coefficient (Wildman–Crippen LogP) is 4.38. The fourth-order valence-corrected chi connectivity index (χ4v) is 5.79. The molecule has 1 unspecified atom stereocenters. The van der Waals surface area contributed by atoms with Crippen molar-refractivity contribution >= 4 is 17.6 Å². The van der Waals surface area contributed by atoms with Gasteiger partial charge >= 0.3 is 6.03 Å². The van der Waals surface area contributed by atoms with Gasteiger partial charge in [-0.15, -0.1) is 0 Å². The Labute approximate surface area is 227 Å². The first kappa shape index (κ1) is 27.1. The SMILES string of the molecule is CNC(=O)N1CCC(NC2CCOCC2)=C(C(=N)N2CCC(C)c3cc(-c4cnn(C)c4)c(C(F)F)cc32)C1. The number of halogens is 2. The third-order valence-electron chi connectivity index (χ3n) is 8.06. The van der Waals surface area contributed by atoms with Crippen LogP contribution in [-0.4, -0.2) is 72.5 Å². The monoisotopic (exact) mass is 541 g/mol. The lowest BCUT2D eigenvalue weighted by molar-refractivity contribution is 0.0798. The zero-order valence-corrected chi connectivity index (χ0v) is 22.8. The molecule has 2 amide bonds. The van der Waals surface area contributed by atoms with E-state index < -0.39 is 6.43 Å². The van der Waals surface area contributed by atoms with Crippen LogP contribution < -0.4 is 15.5 Å². The van der Waals surface area contributed by atoms with Crippen LogP contribution in [0.4, 0.5) is 19.3 Å². The molecule has 0 aliphatic carbocycles. The minimum Gasteiger partial charge on any atom is -0.385 e. The third-order valence-corrected chi connectivity index (χ3v) is 8.06. The second-order valence-corrected chi connectivity index (χ2v) is 10.6. The molecule has 39 heavy (non-hydrogen) atoms. The first-order valence-corrected chi connectivity index (χ1v) is 13.6. The molecular weight excluding hydrogens is 504 g/mol. The second kappa shape index (κ2) is 11.3. The molecule has 0 radical (unpaired) electrons. The van der Waals surface area contributed by atoms with Gasteiger partial charge in [-0.2, -0.15) is 5.10 Å². The number of aromatic nitrogens is 2. The van der Waals surface area contributed by atoms with Crippen molar-refractivity contribution in [3.8, 4) is 11.1 Å². The van der Waals surface area contributed by atoms with E-state index in [-0.39, 0.29) is 35.9 Å². The number of hydrogen-bond acceptors (Lipinski definition) is 5. The van der Waals surface area contributed by atoms with Crippen molar-refractivity contribution in [2.75, 3.05) is 44.8 Å². The van der Waals surface area contributed by atoms with Gasteiger partial charge in [0, 0.05) is 87.1 Å². The number of benzene rings is 1.